The molecule has 2 rings (SSSR count). The van der Waals surface area contributed by atoms with Crippen molar-refractivity contribution in [1.82, 2.24) is 10.2 Å². The Bertz CT molecular complexity index is 651. The lowest BCUT2D eigenvalue weighted by molar-refractivity contribution is -0.153. The van der Waals surface area contributed by atoms with Gasteiger partial charge in [0.25, 0.3) is 0 Å². The first kappa shape index (κ1) is 19.9. The molecule has 2 N–H and O–H groups in total. The minimum atomic E-state index is -4.41. The summed E-state index contributed by atoms with van der Waals surface area (Å²) in [5, 5.41) is 11.8. The number of alkyl halides is 3. The first-order valence-corrected chi connectivity index (χ1v) is 8.20. The third kappa shape index (κ3) is 5.82. The van der Waals surface area contributed by atoms with E-state index >= 15 is 0 Å². The van der Waals surface area contributed by atoms with E-state index in [1.807, 2.05) is 0 Å². The van der Waals surface area contributed by atoms with E-state index in [4.69, 9.17) is 5.11 Å². The summed E-state index contributed by atoms with van der Waals surface area (Å²) in [7, 11) is 0. The van der Waals surface area contributed by atoms with Crippen LogP contribution in [0.5, 0.6) is 5.75 Å². The summed E-state index contributed by atoms with van der Waals surface area (Å²) in [6.45, 7) is 1.24. The second kappa shape index (κ2) is 8.29. The Labute approximate surface area is 148 Å². The number of ether oxygens (including phenoxy) is 1. The Balaban J connectivity index is 1.85. The highest BCUT2D eigenvalue weighted by Crippen LogP contribution is 2.23. The number of amides is 2. The lowest BCUT2D eigenvalue weighted by Crippen LogP contribution is -2.48. The molecule has 1 aromatic rings. The van der Waals surface area contributed by atoms with E-state index in [1.165, 1.54) is 12.1 Å². The number of carboxylic acids is 1. The number of likely N-dealkylation sites (tertiary alicyclic amines) is 1. The molecule has 0 spiro atoms. The molecule has 1 fully saturated rings. The van der Waals surface area contributed by atoms with E-state index in [1.54, 1.807) is 24.0 Å². The summed E-state index contributed by atoms with van der Waals surface area (Å²) >= 11 is 0. The van der Waals surface area contributed by atoms with Gasteiger partial charge in [0.05, 0.1) is 5.92 Å². The molecule has 1 saturated heterocycles. The van der Waals surface area contributed by atoms with E-state index < -0.39 is 24.7 Å². The third-order valence-corrected chi connectivity index (χ3v) is 4.25. The van der Waals surface area contributed by atoms with Gasteiger partial charge in [-0.05, 0) is 30.0 Å². The fraction of sp³-hybridized carbons (Fsp3) is 0.529. The zero-order chi connectivity index (χ0) is 19.3. The van der Waals surface area contributed by atoms with Crippen LogP contribution in [0.4, 0.5) is 18.0 Å². The van der Waals surface area contributed by atoms with Crippen molar-refractivity contribution in [3.63, 3.8) is 0 Å². The van der Waals surface area contributed by atoms with Crippen molar-refractivity contribution in [3.8, 4) is 5.75 Å². The first-order valence-electron chi connectivity index (χ1n) is 8.20. The number of nitrogens with one attached hydrogen (secondary N) is 1. The van der Waals surface area contributed by atoms with Crippen LogP contribution in [0.2, 0.25) is 0 Å². The number of benzene rings is 1. The lowest BCUT2D eigenvalue weighted by atomic mass is 9.87. The van der Waals surface area contributed by atoms with Gasteiger partial charge in [-0.15, -0.1) is 0 Å². The van der Waals surface area contributed by atoms with Gasteiger partial charge < -0.3 is 20.1 Å². The van der Waals surface area contributed by atoms with Gasteiger partial charge in [0.1, 0.15) is 5.75 Å². The van der Waals surface area contributed by atoms with Crippen LogP contribution >= 0.6 is 0 Å². The summed E-state index contributed by atoms with van der Waals surface area (Å²) in [5.74, 6) is -1.38. The number of halogens is 3. The molecule has 0 aromatic heterocycles. The topological polar surface area (TPSA) is 78.9 Å². The molecule has 1 aliphatic heterocycles. The van der Waals surface area contributed by atoms with Gasteiger partial charge in [0.15, 0.2) is 6.61 Å². The van der Waals surface area contributed by atoms with E-state index in [2.05, 4.69) is 10.1 Å². The van der Waals surface area contributed by atoms with Gasteiger partial charge in [0, 0.05) is 19.6 Å². The molecule has 0 aliphatic carbocycles. The zero-order valence-corrected chi connectivity index (χ0v) is 14.3. The number of carboxylic acid groups (broad SMARTS) is 1. The number of rotatable bonds is 5. The van der Waals surface area contributed by atoms with Gasteiger partial charge in [-0.2, -0.15) is 13.2 Å². The number of nitrogens with zero attached hydrogens (tertiary/aromatic N) is 1. The summed E-state index contributed by atoms with van der Waals surface area (Å²) in [6, 6.07) is 5.73. The molecule has 2 amide bonds. The van der Waals surface area contributed by atoms with Gasteiger partial charge in [-0.1, -0.05) is 19.1 Å². The molecule has 6 nitrogen and oxygen atoms in total. The summed E-state index contributed by atoms with van der Waals surface area (Å²) in [6.07, 6.45) is -4.02. The third-order valence-electron chi connectivity index (χ3n) is 4.25. The maximum Gasteiger partial charge on any atom is 0.422 e. The Morgan fingerprint density at radius 3 is 2.73 bits per heavy atom. The molecule has 1 aliphatic rings. The Kier molecular flexibility index (Phi) is 6.33. The minimum absolute atomic E-state index is 0.0740. The van der Waals surface area contributed by atoms with Crippen LogP contribution in [0.1, 0.15) is 18.9 Å². The van der Waals surface area contributed by atoms with Crippen molar-refractivity contribution in [3.05, 3.63) is 29.8 Å². The molecule has 144 valence electrons. The number of hydrogen-bond donors (Lipinski definition) is 2. The maximum absolute atomic E-state index is 12.2. The molecule has 2 atom stereocenters. The molecule has 9 heteroatoms. The minimum Gasteiger partial charge on any atom is -0.484 e. The Hall–Kier alpha value is -2.45. The number of carbonyl (C=O) groups excluding carboxylic acids is 1. The fourth-order valence-corrected chi connectivity index (χ4v) is 2.90. The van der Waals surface area contributed by atoms with Crippen molar-refractivity contribution in [2.45, 2.75) is 26.1 Å². The van der Waals surface area contributed by atoms with Crippen molar-refractivity contribution >= 4 is 12.0 Å². The van der Waals surface area contributed by atoms with Gasteiger partial charge in [0.2, 0.25) is 0 Å². The largest absolute Gasteiger partial charge is 0.484 e. The number of urea groups is 1. The van der Waals surface area contributed by atoms with Crippen LogP contribution in [0, 0.1) is 11.8 Å². The van der Waals surface area contributed by atoms with E-state index in [0.29, 0.717) is 25.1 Å². The van der Waals surface area contributed by atoms with E-state index in [0.717, 1.165) is 0 Å². The molecule has 2 unspecified atom stereocenters. The monoisotopic (exact) mass is 374 g/mol. The second-order valence-electron chi connectivity index (χ2n) is 6.37. The van der Waals surface area contributed by atoms with Crippen molar-refractivity contribution in [1.29, 1.82) is 0 Å². The first-order chi connectivity index (χ1) is 12.2. The molecule has 0 bridgehead atoms. The molecular weight excluding hydrogens is 353 g/mol. The predicted octanol–water partition coefficient (Wildman–Crippen LogP) is 2.88. The average Bonchev–Trinajstić information content (AvgIpc) is 2.57. The molecule has 1 heterocycles. The number of piperidine rings is 1. The Morgan fingerprint density at radius 1 is 1.38 bits per heavy atom. The summed E-state index contributed by atoms with van der Waals surface area (Å²) in [5.41, 5.74) is 0.603. The van der Waals surface area contributed by atoms with Crippen LogP contribution in [0.25, 0.3) is 0 Å². The highest BCUT2D eigenvalue weighted by atomic mass is 19.4. The van der Waals surface area contributed by atoms with Crippen LogP contribution < -0.4 is 10.1 Å². The smallest absolute Gasteiger partial charge is 0.422 e. The van der Waals surface area contributed by atoms with Crippen molar-refractivity contribution in [2.24, 2.45) is 11.8 Å². The molecule has 1 aromatic carbocycles. The Morgan fingerprint density at radius 2 is 2.12 bits per heavy atom. The SMILES string of the molecule is CC1CN(C(=O)NCc2cccc(OCC(F)(F)F)c2)CCC1C(=O)O. The van der Waals surface area contributed by atoms with Crippen LogP contribution in [-0.2, 0) is 11.3 Å². The number of aliphatic carboxylic acids is 1. The quantitative estimate of drug-likeness (QED) is 0.831. The van der Waals surface area contributed by atoms with Crippen LogP contribution in [0.15, 0.2) is 24.3 Å². The van der Waals surface area contributed by atoms with Gasteiger partial charge in [-0.3, -0.25) is 4.79 Å². The van der Waals surface area contributed by atoms with Crippen LogP contribution in [-0.4, -0.2) is 47.9 Å². The molecular formula is C17H21F3N2O4. The molecule has 0 saturated carbocycles. The summed E-state index contributed by atoms with van der Waals surface area (Å²) in [4.78, 5) is 24.9. The van der Waals surface area contributed by atoms with E-state index in [-0.39, 0.29) is 24.2 Å². The maximum atomic E-state index is 12.2. The molecule has 26 heavy (non-hydrogen) atoms. The molecule has 0 radical (unpaired) electrons. The lowest BCUT2D eigenvalue weighted by Gasteiger charge is -2.34. The van der Waals surface area contributed by atoms with Crippen molar-refractivity contribution in [2.75, 3.05) is 19.7 Å². The standard InChI is InChI=1S/C17H21F3N2O4/c1-11-9-22(6-5-14(11)15(23)24)16(25)21-8-12-3-2-4-13(7-12)26-10-17(18,19)20/h2-4,7,11,14H,5-6,8-10H2,1H3,(H,21,25)(H,23,24). The van der Waals surface area contributed by atoms with Gasteiger partial charge >= 0.3 is 18.2 Å². The van der Waals surface area contributed by atoms with Gasteiger partial charge in [-0.25, -0.2) is 4.79 Å². The van der Waals surface area contributed by atoms with Crippen LogP contribution in [0.3, 0.4) is 0 Å². The average molecular weight is 374 g/mol. The normalized spacial score (nSPS) is 20.5. The van der Waals surface area contributed by atoms with Crippen molar-refractivity contribution < 1.29 is 32.6 Å². The fourth-order valence-electron chi connectivity index (χ4n) is 2.90. The second-order valence-corrected chi connectivity index (χ2v) is 6.37. The highest BCUT2D eigenvalue weighted by Gasteiger charge is 2.33. The number of hydrogen-bond acceptors (Lipinski definition) is 3. The van der Waals surface area contributed by atoms with E-state index in [9.17, 15) is 22.8 Å². The number of carbonyl (C=O) groups is 2. The zero-order valence-electron chi connectivity index (χ0n) is 14.3. The summed E-state index contributed by atoms with van der Waals surface area (Å²) < 4.78 is 41.2. The predicted molar refractivity (Wildman–Crippen MR) is 86.7 cm³/mol. The highest BCUT2D eigenvalue weighted by molar-refractivity contribution is 5.75.